The van der Waals surface area contributed by atoms with Gasteiger partial charge in [0, 0.05) is 30.9 Å². The van der Waals surface area contributed by atoms with Gasteiger partial charge in [0.2, 0.25) is 0 Å². The van der Waals surface area contributed by atoms with Gasteiger partial charge < -0.3 is 15.2 Å². The molecule has 3 aromatic rings. The number of methoxy groups -OCH3 is 1. The van der Waals surface area contributed by atoms with Crippen LogP contribution >= 0.6 is 11.3 Å². The van der Waals surface area contributed by atoms with Crippen molar-refractivity contribution in [2.45, 2.75) is 12.6 Å². The van der Waals surface area contributed by atoms with E-state index in [1.54, 1.807) is 25.6 Å². The molecule has 0 bridgehead atoms. The van der Waals surface area contributed by atoms with Gasteiger partial charge in [-0.3, -0.25) is 0 Å². The van der Waals surface area contributed by atoms with Crippen LogP contribution in [-0.2, 0) is 6.54 Å². The van der Waals surface area contributed by atoms with E-state index in [-0.39, 0.29) is 0 Å². The molecule has 0 spiro atoms. The minimum Gasteiger partial charge on any atom is -0.497 e. The molecule has 3 rings (SSSR count). The van der Waals surface area contributed by atoms with Crippen LogP contribution in [0.5, 0.6) is 5.75 Å². The van der Waals surface area contributed by atoms with Crippen LogP contribution in [0, 0.1) is 0 Å². The molecule has 6 nitrogen and oxygen atoms in total. The third-order valence-electron chi connectivity index (χ3n) is 3.45. The Morgan fingerprint density at radius 2 is 1.96 bits per heavy atom. The van der Waals surface area contributed by atoms with E-state index in [9.17, 15) is 5.11 Å². The van der Waals surface area contributed by atoms with Crippen molar-refractivity contribution in [1.29, 1.82) is 0 Å². The fourth-order valence-electron chi connectivity index (χ4n) is 2.18. The number of hydrogen-bond donors (Lipinski definition) is 2. The summed E-state index contributed by atoms with van der Waals surface area (Å²) in [6, 6.07) is 9.17. The molecule has 0 amide bonds. The fourth-order valence-corrected chi connectivity index (χ4v) is 2.95. The third kappa shape index (κ3) is 4.14. The van der Waals surface area contributed by atoms with Crippen molar-refractivity contribution in [3.8, 4) is 16.6 Å². The van der Waals surface area contributed by atoms with Gasteiger partial charge in [0.15, 0.2) is 10.8 Å². The molecule has 124 valence electrons. The molecule has 2 heterocycles. The Morgan fingerprint density at radius 3 is 2.67 bits per heavy atom. The van der Waals surface area contributed by atoms with Gasteiger partial charge in [0.1, 0.15) is 5.75 Å². The quantitative estimate of drug-likeness (QED) is 0.686. The summed E-state index contributed by atoms with van der Waals surface area (Å²) in [5.41, 5.74) is 1.75. The van der Waals surface area contributed by atoms with E-state index in [4.69, 9.17) is 4.74 Å². The number of thiazole rings is 1. The van der Waals surface area contributed by atoms with Gasteiger partial charge in [-0.15, -0.1) is 11.3 Å². The fraction of sp³-hybridized carbons (Fsp3) is 0.235. The van der Waals surface area contributed by atoms with E-state index in [0.29, 0.717) is 18.9 Å². The standard InChI is InChI=1S/C17H18N4O2S/c1-23-14-5-3-12(4-6-14)15(22)10-18-9-13-11-24-17(21-13)16-19-7-2-8-20-16/h2-8,11,15,18,22H,9-10H2,1H3. The van der Waals surface area contributed by atoms with Gasteiger partial charge in [-0.25, -0.2) is 15.0 Å². The first-order chi connectivity index (χ1) is 11.8. The van der Waals surface area contributed by atoms with Crippen molar-refractivity contribution in [3.63, 3.8) is 0 Å². The van der Waals surface area contributed by atoms with Crippen molar-refractivity contribution in [1.82, 2.24) is 20.3 Å². The lowest BCUT2D eigenvalue weighted by Crippen LogP contribution is -2.21. The lowest BCUT2D eigenvalue weighted by Gasteiger charge is -2.12. The van der Waals surface area contributed by atoms with E-state index in [1.165, 1.54) is 11.3 Å². The molecule has 7 heteroatoms. The summed E-state index contributed by atoms with van der Waals surface area (Å²) in [5, 5.41) is 16.2. The Morgan fingerprint density at radius 1 is 1.21 bits per heavy atom. The molecule has 1 aromatic carbocycles. The second kappa shape index (κ2) is 7.96. The predicted molar refractivity (Wildman–Crippen MR) is 92.8 cm³/mol. The second-order valence-corrected chi connectivity index (χ2v) is 5.99. The van der Waals surface area contributed by atoms with Crippen LogP contribution in [0.4, 0.5) is 0 Å². The number of nitrogens with one attached hydrogen (secondary N) is 1. The first-order valence-electron chi connectivity index (χ1n) is 7.51. The maximum Gasteiger partial charge on any atom is 0.188 e. The van der Waals surface area contributed by atoms with Crippen LogP contribution in [-0.4, -0.2) is 33.7 Å². The minimum absolute atomic E-state index is 0.445. The molecule has 0 aliphatic heterocycles. The minimum atomic E-state index is -0.577. The Hall–Kier alpha value is -2.35. The number of ether oxygens (including phenoxy) is 1. The lowest BCUT2D eigenvalue weighted by molar-refractivity contribution is 0.174. The van der Waals surface area contributed by atoms with E-state index in [2.05, 4.69) is 20.3 Å². The number of aliphatic hydroxyl groups is 1. The molecule has 1 unspecified atom stereocenters. The topological polar surface area (TPSA) is 80.2 Å². The van der Waals surface area contributed by atoms with Crippen LogP contribution in [0.3, 0.4) is 0 Å². The molecule has 0 fully saturated rings. The van der Waals surface area contributed by atoms with Crippen LogP contribution in [0.15, 0.2) is 48.1 Å². The van der Waals surface area contributed by atoms with Crippen molar-refractivity contribution in [2.24, 2.45) is 0 Å². The highest BCUT2D eigenvalue weighted by Gasteiger charge is 2.09. The molecular formula is C17H18N4O2S. The van der Waals surface area contributed by atoms with Crippen LogP contribution in [0.2, 0.25) is 0 Å². The molecule has 0 aliphatic carbocycles. The molecule has 24 heavy (non-hydrogen) atoms. The highest BCUT2D eigenvalue weighted by Crippen LogP contribution is 2.20. The smallest absolute Gasteiger partial charge is 0.188 e. The Labute approximate surface area is 144 Å². The highest BCUT2D eigenvalue weighted by atomic mass is 32.1. The maximum absolute atomic E-state index is 10.2. The average Bonchev–Trinajstić information content (AvgIpc) is 3.11. The van der Waals surface area contributed by atoms with Crippen molar-refractivity contribution < 1.29 is 9.84 Å². The highest BCUT2D eigenvalue weighted by molar-refractivity contribution is 7.13. The number of rotatable bonds is 7. The number of aliphatic hydroxyl groups excluding tert-OH is 1. The van der Waals surface area contributed by atoms with E-state index >= 15 is 0 Å². The molecule has 2 N–H and O–H groups in total. The van der Waals surface area contributed by atoms with Crippen LogP contribution in [0.1, 0.15) is 17.4 Å². The monoisotopic (exact) mass is 342 g/mol. The summed E-state index contributed by atoms with van der Waals surface area (Å²) in [7, 11) is 1.62. The van der Waals surface area contributed by atoms with Crippen molar-refractivity contribution in [2.75, 3.05) is 13.7 Å². The SMILES string of the molecule is COc1ccc(C(O)CNCc2csc(-c3ncccn3)n2)cc1. The summed E-state index contributed by atoms with van der Waals surface area (Å²) < 4.78 is 5.11. The largest absolute Gasteiger partial charge is 0.497 e. The zero-order valence-corrected chi connectivity index (χ0v) is 14.0. The average molecular weight is 342 g/mol. The number of benzene rings is 1. The van der Waals surface area contributed by atoms with Gasteiger partial charge in [-0.05, 0) is 23.8 Å². The summed E-state index contributed by atoms with van der Waals surface area (Å²) >= 11 is 1.51. The van der Waals surface area contributed by atoms with E-state index in [0.717, 1.165) is 22.0 Å². The summed E-state index contributed by atoms with van der Waals surface area (Å²) in [6.45, 7) is 1.03. The lowest BCUT2D eigenvalue weighted by atomic mass is 10.1. The normalized spacial score (nSPS) is 12.1. The zero-order valence-electron chi connectivity index (χ0n) is 13.2. The van der Waals surface area contributed by atoms with E-state index < -0.39 is 6.10 Å². The summed E-state index contributed by atoms with van der Waals surface area (Å²) in [4.78, 5) is 12.9. The van der Waals surface area contributed by atoms with Gasteiger partial charge in [0.05, 0.1) is 18.9 Å². The molecule has 0 aliphatic rings. The molecule has 0 saturated heterocycles. The van der Waals surface area contributed by atoms with Crippen molar-refractivity contribution in [3.05, 3.63) is 59.4 Å². The molecular weight excluding hydrogens is 324 g/mol. The number of nitrogens with zero attached hydrogens (tertiary/aromatic N) is 3. The number of hydrogen-bond acceptors (Lipinski definition) is 7. The Balaban J connectivity index is 1.52. The van der Waals surface area contributed by atoms with Crippen LogP contribution in [0.25, 0.3) is 10.8 Å². The van der Waals surface area contributed by atoms with Gasteiger partial charge in [0.25, 0.3) is 0 Å². The second-order valence-electron chi connectivity index (χ2n) is 5.14. The van der Waals surface area contributed by atoms with Gasteiger partial charge in [-0.2, -0.15) is 0 Å². The molecule has 0 radical (unpaired) electrons. The van der Waals surface area contributed by atoms with Gasteiger partial charge in [-0.1, -0.05) is 12.1 Å². The Kier molecular flexibility index (Phi) is 5.47. The maximum atomic E-state index is 10.2. The zero-order chi connectivity index (χ0) is 16.8. The third-order valence-corrected chi connectivity index (χ3v) is 4.34. The van der Waals surface area contributed by atoms with Gasteiger partial charge >= 0.3 is 0 Å². The number of aromatic nitrogens is 3. The molecule has 2 aromatic heterocycles. The first-order valence-corrected chi connectivity index (χ1v) is 8.39. The van der Waals surface area contributed by atoms with Crippen LogP contribution < -0.4 is 10.1 Å². The molecule has 1 atom stereocenters. The Bertz CT molecular complexity index is 762. The van der Waals surface area contributed by atoms with Crippen molar-refractivity contribution >= 4 is 11.3 Å². The summed E-state index contributed by atoms with van der Waals surface area (Å²) in [6.07, 6.45) is 2.83. The van der Waals surface area contributed by atoms with E-state index in [1.807, 2.05) is 29.6 Å². The first kappa shape index (κ1) is 16.5. The molecule has 0 saturated carbocycles. The summed E-state index contributed by atoms with van der Waals surface area (Å²) in [5.74, 6) is 1.41. The predicted octanol–water partition coefficient (Wildman–Crippen LogP) is 2.43.